The van der Waals surface area contributed by atoms with Crippen LogP contribution in [0.1, 0.15) is 71.1 Å². The first-order valence-corrected chi connectivity index (χ1v) is 12.5. The molecular formula is C28H40N2O3. The number of aromatic nitrogens is 2. The average Bonchev–Trinajstić information content (AvgIpc) is 3.22. The molecule has 1 aromatic heterocycles. The molecule has 3 rings (SSSR count). The van der Waals surface area contributed by atoms with Gasteiger partial charge in [0.25, 0.3) is 0 Å². The van der Waals surface area contributed by atoms with Gasteiger partial charge in [0.2, 0.25) is 5.75 Å². The molecule has 0 N–H and O–H groups in total. The van der Waals surface area contributed by atoms with Crippen molar-refractivity contribution in [1.82, 2.24) is 9.55 Å². The van der Waals surface area contributed by atoms with Crippen molar-refractivity contribution in [2.75, 3.05) is 21.3 Å². The second-order valence-electron chi connectivity index (χ2n) is 8.67. The Morgan fingerprint density at radius 2 is 1.30 bits per heavy atom. The molecule has 0 aliphatic carbocycles. The van der Waals surface area contributed by atoms with Crippen LogP contribution >= 0.6 is 0 Å². The molecule has 180 valence electrons. The number of unbranched alkanes of at least 4 members (excludes halogenated alkanes) is 9. The predicted octanol–water partition coefficient (Wildman–Crippen LogP) is 7.65. The molecule has 0 aliphatic rings. The summed E-state index contributed by atoms with van der Waals surface area (Å²) >= 11 is 0. The molecule has 0 atom stereocenters. The maximum atomic E-state index is 5.58. The van der Waals surface area contributed by atoms with Crippen molar-refractivity contribution in [3.8, 4) is 28.6 Å². The normalized spacial score (nSPS) is 11.2. The van der Waals surface area contributed by atoms with Gasteiger partial charge in [-0.3, -0.25) is 0 Å². The van der Waals surface area contributed by atoms with Crippen molar-refractivity contribution in [1.29, 1.82) is 0 Å². The zero-order valence-corrected chi connectivity index (χ0v) is 20.9. The second-order valence-corrected chi connectivity index (χ2v) is 8.67. The molecule has 1 heterocycles. The number of nitrogens with zero attached hydrogens (tertiary/aromatic N) is 2. The van der Waals surface area contributed by atoms with Gasteiger partial charge in [-0.15, -0.1) is 0 Å². The van der Waals surface area contributed by atoms with Crippen LogP contribution in [0.4, 0.5) is 0 Å². The quantitative estimate of drug-likeness (QED) is 0.222. The Labute approximate surface area is 199 Å². The highest BCUT2D eigenvalue weighted by Crippen LogP contribution is 2.41. The Hall–Kier alpha value is -2.69. The monoisotopic (exact) mass is 452 g/mol. The topological polar surface area (TPSA) is 45.5 Å². The predicted molar refractivity (Wildman–Crippen MR) is 137 cm³/mol. The molecule has 0 amide bonds. The van der Waals surface area contributed by atoms with Crippen LogP contribution in [0.3, 0.4) is 0 Å². The molecule has 0 unspecified atom stereocenters. The highest BCUT2D eigenvalue weighted by atomic mass is 16.5. The first-order chi connectivity index (χ1) is 16.2. The molecule has 0 spiro atoms. The molecule has 5 nitrogen and oxygen atoms in total. The van der Waals surface area contributed by atoms with Gasteiger partial charge in [-0.2, -0.15) is 0 Å². The lowest BCUT2D eigenvalue weighted by molar-refractivity contribution is 0.324. The SMILES string of the molecule is CCCCCCCCCCCCn1c(-c2cc(OC)c(OC)c(OC)c2)nc2ccccc21. The highest BCUT2D eigenvalue weighted by molar-refractivity contribution is 5.81. The van der Waals surface area contributed by atoms with Crippen LogP contribution in [0.15, 0.2) is 36.4 Å². The third kappa shape index (κ3) is 6.43. The standard InChI is InChI=1S/C28H40N2O3/c1-5-6-7-8-9-10-11-12-13-16-19-30-24-18-15-14-17-23(24)29-28(30)22-20-25(31-2)27(33-4)26(21-22)32-3/h14-15,17-18,20-21H,5-13,16,19H2,1-4H3. The van der Waals surface area contributed by atoms with E-state index in [4.69, 9.17) is 19.2 Å². The minimum Gasteiger partial charge on any atom is -0.493 e. The molecule has 2 aromatic carbocycles. The summed E-state index contributed by atoms with van der Waals surface area (Å²) in [5.74, 6) is 2.82. The Balaban J connectivity index is 1.71. The van der Waals surface area contributed by atoms with Gasteiger partial charge in [0.15, 0.2) is 11.5 Å². The summed E-state index contributed by atoms with van der Waals surface area (Å²) in [4.78, 5) is 4.96. The van der Waals surface area contributed by atoms with Gasteiger partial charge in [0.05, 0.1) is 32.4 Å². The summed E-state index contributed by atoms with van der Waals surface area (Å²) in [5, 5.41) is 0. The lowest BCUT2D eigenvalue weighted by atomic mass is 10.1. The zero-order valence-electron chi connectivity index (χ0n) is 20.9. The van der Waals surface area contributed by atoms with E-state index in [2.05, 4.69) is 29.7 Å². The number of ether oxygens (including phenoxy) is 3. The van der Waals surface area contributed by atoms with E-state index >= 15 is 0 Å². The number of methoxy groups -OCH3 is 3. The van der Waals surface area contributed by atoms with E-state index in [9.17, 15) is 0 Å². The van der Waals surface area contributed by atoms with Crippen molar-refractivity contribution in [2.24, 2.45) is 0 Å². The molecular weight excluding hydrogens is 412 g/mol. The molecule has 0 fully saturated rings. The lowest BCUT2D eigenvalue weighted by Crippen LogP contribution is -2.02. The molecule has 0 saturated heterocycles. The molecule has 5 heteroatoms. The average molecular weight is 453 g/mol. The van der Waals surface area contributed by atoms with Crippen LogP contribution in [-0.2, 0) is 6.54 Å². The second kappa shape index (κ2) is 13.1. The molecule has 33 heavy (non-hydrogen) atoms. The highest BCUT2D eigenvalue weighted by Gasteiger charge is 2.18. The number of para-hydroxylation sites is 2. The Morgan fingerprint density at radius 1 is 0.727 bits per heavy atom. The van der Waals surface area contributed by atoms with Crippen molar-refractivity contribution >= 4 is 11.0 Å². The van der Waals surface area contributed by atoms with E-state index in [1.807, 2.05) is 18.2 Å². The van der Waals surface area contributed by atoms with Gasteiger partial charge in [-0.1, -0.05) is 76.8 Å². The van der Waals surface area contributed by atoms with Gasteiger partial charge in [-0.05, 0) is 30.7 Å². The number of rotatable bonds is 15. The number of fused-ring (bicyclic) bond motifs is 1. The summed E-state index contributed by atoms with van der Waals surface area (Å²) < 4.78 is 19.0. The Morgan fingerprint density at radius 3 is 1.88 bits per heavy atom. The van der Waals surface area contributed by atoms with Crippen molar-refractivity contribution in [3.05, 3.63) is 36.4 Å². The number of aryl methyl sites for hydroxylation is 1. The molecule has 3 aromatic rings. The van der Waals surface area contributed by atoms with Gasteiger partial charge in [-0.25, -0.2) is 4.98 Å². The smallest absolute Gasteiger partial charge is 0.203 e. The molecule has 0 aliphatic heterocycles. The van der Waals surface area contributed by atoms with Crippen molar-refractivity contribution in [2.45, 2.75) is 77.7 Å². The van der Waals surface area contributed by atoms with Crippen LogP contribution in [-0.4, -0.2) is 30.9 Å². The van der Waals surface area contributed by atoms with Gasteiger partial charge >= 0.3 is 0 Å². The lowest BCUT2D eigenvalue weighted by Gasteiger charge is -2.15. The van der Waals surface area contributed by atoms with E-state index in [1.54, 1.807) is 21.3 Å². The van der Waals surface area contributed by atoms with Crippen LogP contribution in [0, 0.1) is 0 Å². The van der Waals surface area contributed by atoms with Gasteiger partial charge in [0.1, 0.15) is 5.82 Å². The van der Waals surface area contributed by atoms with E-state index in [-0.39, 0.29) is 0 Å². The maximum absolute atomic E-state index is 5.58. The number of benzene rings is 2. The van der Waals surface area contributed by atoms with E-state index in [0.717, 1.165) is 35.4 Å². The first kappa shape index (κ1) is 24.9. The van der Waals surface area contributed by atoms with Crippen LogP contribution in [0.5, 0.6) is 17.2 Å². The largest absolute Gasteiger partial charge is 0.493 e. The van der Waals surface area contributed by atoms with Crippen LogP contribution in [0.25, 0.3) is 22.4 Å². The fourth-order valence-electron chi connectivity index (χ4n) is 4.49. The molecule has 0 bridgehead atoms. The van der Waals surface area contributed by atoms with Crippen LogP contribution < -0.4 is 14.2 Å². The maximum Gasteiger partial charge on any atom is 0.203 e. The minimum atomic E-state index is 0.598. The fourth-order valence-corrected chi connectivity index (χ4v) is 4.49. The number of imidazole rings is 1. The minimum absolute atomic E-state index is 0.598. The molecule has 0 saturated carbocycles. The van der Waals surface area contributed by atoms with E-state index in [0.29, 0.717) is 17.2 Å². The zero-order chi connectivity index (χ0) is 23.5. The fraction of sp³-hybridized carbons (Fsp3) is 0.536. The first-order valence-electron chi connectivity index (χ1n) is 12.5. The van der Waals surface area contributed by atoms with Crippen molar-refractivity contribution in [3.63, 3.8) is 0 Å². The Bertz CT molecular complexity index is 971. The summed E-state index contributed by atoms with van der Waals surface area (Å²) in [6.45, 7) is 3.22. The summed E-state index contributed by atoms with van der Waals surface area (Å²) in [6.07, 6.45) is 13.3. The van der Waals surface area contributed by atoms with E-state index in [1.165, 1.54) is 57.8 Å². The summed E-state index contributed by atoms with van der Waals surface area (Å²) in [6, 6.07) is 12.3. The van der Waals surface area contributed by atoms with E-state index < -0.39 is 0 Å². The third-order valence-electron chi connectivity index (χ3n) is 6.31. The Kier molecular flexibility index (Phi) is 9.92. The third-order valence-corrected chi connectivity index (χ3v) is 6.31. The summed E-state index contributed by atoms with van der Waals surface area (Å²) in [5.41, 5.74) is 3.14. The summed E-state index contributed by atoms with van der Waals surface area (Å²) in [7, 11) is 4.92. The number of hydrogen-bond donors (Lipinski definition) is 0. The number of hydrogen-bond acceptors (Lipinski definition) is 4. The van der Waals surface area contributed by atoms with Gasteiger partial charge in [0, 0.05) is 12.1 Å². The van der Waals surface area contributed by atoms with Gasteiger partial charge < -0.3 is 18.8 Å². The van der Waals surface area contributed by atoms with Crippen LogP contribution in [0.2, 0.25) is 0 Å². The molecule has 0 radical (unpaired) electrons. The van der Waals surface area contributed by atoms with Crippen molar-refractivity contribution < 1.29 is 14.2 Å².